The second-order valence-electron chi connectivity index (χ2n) is 6.09. The SMILES string of the molecule is CCOc1nnc2c(n1)OC(c1ccccc1OCC(=O)O)Nc1ccccc1-2. The van der Waals surface area contributed by atoms with E-state index in [9.17, 15) is 4.79 Å². The predicted octanol–water partition coefficient (Wildman–Crippen LogP) is 2.90. The van der Waals surface area contributed by atoms with Gasteiger partial charge in [-0.05, 0) is 25.1 Å². The Kier molecular flexibility index (Phi) is 5.10. The molecule has 0 saturated carbocycles. The maximum absolute atomic E-state index is 10.9. The first kappa shape index (κ1) is 18.5. The molecule has 0 amide bonds. The van der Waals surface area contributed by atoms with Gasteiger partial charge in [0.15, 0.2) is 12.3 Å². The van der Waals surface area contributed by atoms with Gasteiger partial charge in [0.2, 0.25) is 12.1 Å². The number of ether oxygens (including phenoxy) is 3. The number of aliphatic carboxylic acids is 1. The van der Waals surface area contributed by atoms with Gasteiger partial charge in [0.25, 0.3) is 0 Å². The Bertz CT molecular complexity index is 1040. The highest BCUT2D eigenvalue weighted by Crippen LogP contribution is 2.40. The number of carboxylic acid groups (broad SMARTS) is 1. The van der Waals surface area contributed by atoms with Crippen molar-refractivity contribution in [2.24, 2.45) is 0 Å². The highest BCUT2D eigenvalue weighted by atomic mass is 16.5. The molecule has 1 atom stereocenters. The Balaban J connectivity index is 1.78. The van der Waals surface area contributed by atoms with Crippen molar-refractivity contribution >= 4 is 11.7 Å². The van der Waals surface area contributed by atoms with Crippen LogP contribution in [0.3, 0.4) is 0 Å². The van der Waals surface area contributed by atoms with E-state index >= 15 is 0 Å². The van der Waals surface area contributed by atoms with E-state index in [-0.39, 0.29) is 11.9 Å². The summed E-state index contributed by atoms with van der Waals surface area (Å²) in [4.78, 5) is 15.3. The number of nitrogens with one attached hydrogen (secondary N) is 1. The minimum absolute atomic E-state index is 0.111. The minimum Gasteiger partial charge on any atom is -0.481 e. The summed E-state index contributed by atoms with van der Waals surface area (Å²) >= 11 is 0. The molecule has 2 heterocycles. The molecule has 9 nitrogen and oxygen atoms in total. The lowest BCUT2D eigenvalue weighted by molar-refractivity contribution is -0.139. The second-order valence-corrected chi connectivity index (χ2v) is 6.09. The molecular weight excluding hydrogens is 376 g/mol. The first-order chi connectivity index (χ1) is 14.2. The molecule has 0 aliphatic carbocycles. The Hall–Kier alpha value is -3.88. The molecule has 1 aromatic heterocycles. The topological polar surface area (TPSA) is 116 Å². The maximum Gasteiger partial charge on any atom is 0.341 e. The Morgan fingerprint density at radius 1 is 1.14 bits per heavy atom. The fourth-order valence-electron chi connectivity index (χ4n) is 2.95. The normalized spacial score (nSPS) is 14.4. The van der Waals surface area contributed by atoms with Crippen LogP contribution in [-0.2, 0) is 4.79 Å². The summed E-state index contributed by atoms with van der Waals surface area (Å²) in [6.07, 6.45) is -0.700. The summed E-state index contributed by atoms with van der Waals surface area (Å²) in [5, 5.41) is 20.5. The van der Waals surface area contributed by atoms with Gasteiger partial charge in [-0.25, -0.2) is 4.79 Å². The number of fused-ring (bicyclic) bond motifs is 3. The third-order valence-electron chi connectivity index (χ3n) is 4.16. The summed E-state index contributed by atoms with van der Waals surface area (Å²) in [5.41, 5.74) is 2.64. The fraction of sp³-hybridized carbons (Fsp3) is 0.200. The van der Waals surface area contributed by atoms with Crippen LogP contribution in [-0.4, -0.2) is 39.5 Å². The summed E-state index contributed by atoms with van der Waals surface area (Å²) in [6, 6.07) is 14.7. The summed E-state index contributed by atoms with van der Waals surface area (Å²) < 4.78 is 16.9. The average molecular weight is 394 g/mol. The molecule has 4 rings (SSSR count). The molecule has 0 spiro atoms. The molecule has 2 aromatic carbocycles. The lowest BCUT2D eigenvalue weighted by atomic mass is 10.1. The highest BCUT2D eigenvalue weighted by molar-refractivity contribution is 5.79. The first-order valence-electron chi connectivity index (χ1n) is 8.99. The molecule has 0 radical (unpaired) electrons. The van der Waals surface area contributed by atoms with Gasteiger partial charge < -0.3 is 24.6 Å². The van der Waals surface area contributed by atoms with Crippen LogP contribution in [0.4, 0.5) is 5.69 Å². The highest BCUT2D eigenvalue weighted by Gasteiger charge is 2.28. The largest absolute Gasteiger partial charge is 0.481 e. The van der Waals surface area contributed by atoms with Crippen LogP contribution in [0.15, 0.2) is 48.5 Å². The van der Waals surface area contributed by atoms with Crippen molar-refractivity contribution in [2.75, 3.05) is 18.5 Å². The molecule has 1 unspecified atom stereocenters. The predicted molar refractivity (Wildman–Crippen MR) is 103 cm³/mol. The molecule has 1 aliphatic heterocycles. The number of para-hydroxylation sites is 2. The molecule has 0 saturated heterocycles. The molecule has 3 aromatic rings. The number of carbonyl (C=O) groups is 1. The molecule has 148 valence electrons. The summed E-state index contributed by atoms with van der Waals surface area (Å²) in [6.45, 7) is 1.76. The molecule has 29 heavy (non-hydrogen) atoms. The van der Waals surface area contributed by atoms with Crippen molar-refractivity contribution < 1.29 is 24.1 Å². The number of benzene rings is 2. The number of hydrogen-bond acceptors (Lipinski definition) is 8. The molecule has 0 bridgehead atoms. The Morgan fingerprint density at radius 2 is 1.93 bits per heavy atom. The fourth-order valence-corrected chi connectivity index (χ4v) is 2.95. The summed E-state index contributed by atoms with van der Waals surface area (Å²) in [7, 11) is 0. The zero-order valence-corrected chi connectivity index (χ0v) is 15.5. The van der Waals surface area contributed by atoms with Gasteiger partial charge in [-0.2, -0.15) is 4.98 Å². The number of aromatic nitrogens is 3. The van der Waals surface area contributed by atoms with Crippen LogP contribution in [0, 0.1) is 0 Å². The second kappa shape index (κ2) is 8.01. The number of anilines is 1. The lowest BCUT2D eigenvalue weighted by Crippen LogP contribution is -2.19. The molecule has 1 aliphatic rings. The van der Waals surface area contributed by atoms with Crippen molar-refractivity contribution in [2.45, 2.75) is 13.2 Å². The van der Waals surface area contributed by atoms with Crippen LogP contribution in [0.2, 0.25) is 0 Å². The quantitative estimate of drug-likeness (QED) is 0.651. The number of carboxylic acids is 1. The van der Waals surface area contributed by atoms with E-state index in [0.29, 0.717) is 23.6 Å². The molecule has 9 heteroatoms. The van der Waals surface area contributed by atoms with Gasteiger partial charge in [0.05, 0.1) is 12.2 Å². The minimum atomic E-state index is -1.07. The zero-order valence-electron chi connectivity index (χ0n) is 15.5. The van der Waals surface area contributed by atoms with Crippen molar-refractivity contribution in [3.05, 3.63) is 54.1 Å². The molecule has 0 fully saturated rings. The van der Waals surface area contributed by atoms with Crippen LogP contribution in [0.25, 0.3) is 11.3 Å². The number of rotatable bonds is 6. The average Bonchev–Trinajstić information content (AvgIpc) is 2.89. The summed E-state index contributed by atoms with van der Waals surface area (Å²) in [5.74, 6) is -0.428. The van der Waals surface area contributed by atoms with Crippen LogP contribution < -0.4 is 19.5 Å². The zero-order chi connectivity index (χ0) is 20.2. The van der Waals surface area contributed by atoms with E-state index in [1.165, 1.54) is 0 Å². The van der Waals surface area contributed by atoms with Crippen LogP contribution >= 0.6 is 0 Å². The smallest absolute Gasteiger partial charge is 0.341 e. The van der Waals surface area contributed by atoms with E-state index in [1.807, 2.05) is 37.3 Å². The van der Waals surface area contributed by atoms with Gasteiger partial charge in [0, 0.05) is 11.3 Å². The van der Waals surface area contributed by atoms with Crippen LogP contribution in [0.1, 0.15) is 18.7 Å². The van der Waals surface area contributed by atoms with Gasteiger partial charge in [-0.15, -0.1) is 5.10 Å². The first-order valence-corrected chi connectivity index (χ1v) is 8.99. The molecular formula is C20H18N4O5. The number of hydrogen-bond donors (Lipinski definition) is 2. The Morgan fingerprint density at radius 3 is 2.76 bits per heavy atom. The number of nitrogens with zero attached hydrogens (tertiary/aromatic N) is 3. The van der Waals surface area contributed by atoms with Crippen molar-refractivity contribution in [3.8, 4) is 28.9 Å². The third kappa shape index (κ3) is 3.88. The van der Waals surface area contributed by atoms with Crippen molar-refractivity contribution in [1.29, 1.82) is 0 Å². The van der Waals surface area contributed by atoms with Gasteiger partial charge in [-0.3, -0.25) is 0 Å². The Labute approximate surface area is 166 Å². The monoisotopic (exact) mass is 394 g/mol. The maximum atomic E-state index is 10.9. The third-order valence-corrected chi connectivity index (χ3v) is 4.16. The van der Waals surface area contributed by atoms with E-state index in [0.717, 1.165) is 11.3 Å². The van der Waals surface area contributed by atoms with Gasteiger partial charge >= 0.3 is 12.0 Å². The van der Waals surface area contributed by atoms with Gasteiger partial charge in [-0.1, -0.05) is 35.4 Å². The van der Waals surface area contributed by atoms with E-state index < -0.39 is 18.8 Å². The molecule has 2 N–H and O–H groups in total. The lowest BCUT2D eigenvalue weighted by Gasteiger charge is -2.21. The van der Waals surface area contributed by atoms with Crippen LogP contribution in [0.5, 0.6) is 17.6 Å². The van der Waals surface area contributed by atoms with E-state index in [2.05, 4.69) is 20.5 Å². The van der Waals surface area contributed by atoms with Crippen molar-refractivity contribution in [1.82, 2.24) is 15.2 Å². The van der Waals surface area contributed by atoms with E-state index in [4.69, 9.17) is 19.3 Å². The van der Waals surface area contributed by atoms with E-state index in [1.54, 1.807) is 18.2 Å². The van der Waals surface area contributed by atoms with Gasteiger partial charge in [0.1, 0.15) is 5.75 Å². The standard InChI is InChI=1S/C20H18N4O5/c1-2-27-20-22-19-17(23-24-20)12-7-3-5-9-14(12)21-18(29-19)13-8-4-6-10-15(13)28-11-16(25)26/h3-10,18,21H,2,11H2,1H3,(H,25,26). The van der Waals surface area contributed by atoms with Crippen molar-refractivity contribution in [3.63, 3.8) is 0 Å².